The van der Waals surface area contributed by atoms with Crippen LogP contribution in [-0.2, 0) is 15.1 Å². The van der Waals surface area contributed by atoms with Gasteiger partial charge in [0, 0.05) is 10.7 Å². The van der Waals surface area contributed by atoms with Gasteiger partial charge in [0.05, 0.1) is 5.69 Å². The highest BCUT2D eigenvalue weighted by atomic mass is 127. The number of hydrogen-bond acceptors (Lipinski definition) is 3. The molecule has 0 aromatic heterocycles. The number of halogens is 4. The van der Waals surface area contributed by atoms with Crippen molar-refractivity contribution in [3.63, 3.8) is 0 Å². The molecule has 10 heteroatoms. The molecule has 0 saturated carbocycles. The van der Waals surface area contributed by atoms with Gasteiger partial charge in [-0.25, -0.2) is 9.18 Å². The maximum atomic E-state index is 13.3. The number of urea groups is 1. The standard InChI is InChI=1S/C19H15FI3N3O3/c1-2-19(10-3-5-11(20)6-4-10)17(28)26(18(29)25-19)9-15(27)24-16-13(22)7-12(21)8-14(16)23/h3-8H,2,9H2,1H3,(H,24,27)(H,25,29). The Morgan fingerprint density at radius 3 is 2.28 bits per heavy atom. The minimum Gasteiger partial charge on any atom is -0.323 e. The van der Waals surface area contributed by atoms with Crippen LogP contribution < -0.4 is 10.6 Å². The van der Waals surface area contributed by atoms with Crippen LogP contribution in [0.4, 0.5) is 14.9 Å². The van der Waals surface area contributed by atoms with Crippen molar-refractivity contribution < 1.29 is 18.8 Å². The number of amides is 4. The first-order valence-electron chi connectivity index (χ1n) is 8.52. The van der Waals surface area contributed by atoms with Crippen LogP contribution in [-0.4, -0.2) is 29.3 Å². The van der Waals surface area contributed by atoms with E-state index in [1.807, 2.05) is 12.1 Å². The Morgan fingerprint density at radius 2 is 1.72 bits per heavy atom. The smallest absolute Gasteiger partial charge is 0.323 e. The number of anilines is 1. The minimum absolute atomic E-state index is 0.272. The molecule has 0 aliphatic carbocycles. The molecular weight excluding hydrogens is 718 g/mol. The zero-order valence-corrected chi connectivity index (χ0v) is 21.5. The van der Waals surface area contributed by atoms with E-state index in [0.29, 0.717) is 11.3 Å². The van der Waals surface area contributed by atoms with E-state index in [9.17, 15) is 18.8 Å². The molecule has 1 atom stereocenters. The second kappa shape index (κ2) is 8.99. The predicted molar refractivity (Wildman–Crippen MR) is 132 cm³/mol. The fraction of sp³-hybridized carbons (Fsp3) is 0.211. The lowest BCUT2D eigenvalue weighted by atomic mass is 9.87. The molecule has 1 saturated heterocycles. The number of nitrogens with zero attached hydrogens (tertiary/aromatic N) is 1. The van der Waals surface area contributed by atoms with Crippen molar-refractivity contribution in [3.05, 3.63) is 58.5 Å². The summed E-state index contributed by atoms with van der Waals surface area (Å²) in [5.74, 6) is -1.44. The first kappa shape index (κ1) is 22.7. The minimum atomic E-state index is -1.31. The van der Waals surface area contributed by atoms with E-state index in [1.54, 1.807) is 6.92 Å². The Bertz CT molecular complexity index is 977. The maximum absolute atomic E-state index is 13.3. The SMILES string of the molecule is CCC1(c2ccc(F)cc2)NC(=O)N(CC(=O)Nc2c(I)cc(I)cc2I)C1=O. The molecule has 2 N–H and O–H groups in total. The van der Waals surface area contributed by atoms with Crippen molar-refractivity contribution in [3.8, 4) is 0 Å². The van der Waals surface area contributed by atoms with E-state index < -0.39 is 35.7 Å². The lowest BCUT2D eigenvalue weighted by Crippen LogP contribution is -2.44. The summed E-state index contributed by atoms with van der Waals surface area (Å²) in [6.07, 6.45) is 0.272. The average Bonchev–Trinajstić information content (AvgIpc) is 2.90. The fourth-order valence-electron chi connectivity index (χ4n) is 3.13. The predicted octanol–water partition coefficient (Wildman–Crippen LogP) is 4.44. The van der Waals surface area contributed by atoms with Crippen molar-refractivity contribution in [2.45, 2.75) is 18.9 Å². The molecule has 3 rings (SSSR count). The van der Waals surface area contributed by atoms with Crippen LogP contribution in [0.25, 0.3) is 0 Å². The van der Waals surface area contributed by atoms with Gasteiger partial charge in [-0.3, -0.25) is 14.5 Å². The molecule has 1 fully saturated rings. The molecule has 0 spiro atoms. The first-order chi connectivity index (χ1) is 13.7. The molecule has 1 heterocycles. The van der Waals surface area contributed by atoms with Crippen LogP contribution >= 0.6 is 67.8 Å². The van der Waals surface area contributed by atoms with Gasteiger partial charge in [-0.15, -0.1) is 0 Å². The quantitative estimate of drug-likeness (QED) is 0.353. The molecule has 1 unspecified atom stereocenters. The number of rotatable bonds is 5. The monoisotopic (exact) mass is 733 g/mol. The van der Waals surface area contributed by atoms with Crippen molar-refractivity contribution in [1.82, 2.24) is 10.2 Å². The van der Waals surface area contributed by atoms with Crippen LogP contribution in [0.3, 0.4) is 0 Å². The summed E-state index contributed by atoms with van der Waals surface area (Å²) in [4.78, 5) is 39.1. The number of carbonyl (C=O) groups is 3. The topological polar surface area (TPSA) is 78.5 Å². The normalized spacial score (nSPS) is 18.7. The molecule has 2 aromatic rings. The van der Waals surface area contributed by atoms with Crippen molar-refractivity contribution in [2.75, 3.05) is 11.9 Å². The summed E-state index contributed by atoms with van der Waals surface area (Å²) in [5, 5.41) is 5.47. The summed E-state index contributed by atoms with van der Waals surface area (Å²) in [5.41, 5.74) is -0.190. The number of carbonyl (C=O) groups excluding carboxylic acids is 3. The van der Waals surface area contributed by atoms with Gasteiger partial charge in [0.1, 0.15) is 17.9 Å². The molecule has 1 aliphatic heterocycles. The van der Waals surface area contributed by atoms with Gasteiger partial charge in [0.15, 0.2) is 0 Å². The third kappa shape index (κ3) is 4.52. The van der Waals surface area contributed by atoms with E-state index in [4.69, 9.17) is 0 Å². The molecule has 29 heavy (non-hydrogen) atoms. The Labute approximate surface area is 207 Å². The zero-order valence-electron chi connectivity index (χ0n) is 15.1. The van der Waals surface area contributed by atoms with E-state index >= 15 is 0 Å². The van der Waals surface area contributed by atoms with E-state index in [1.165, 1.54) is 24.3 Å². The number of imide groups is 1. The summed E-state index contributed by atoms with van der Waals surface area (Å²) in [7, 11) is 0. The van der Waals surface area contributed by atoms with Crippen molar-refractivity contribution in [1.29, 1.82) is 0 Å². The summed E-state index contributed by atoms with van der Waals surface area (Å²) in [6, 6.07) is 8.60. The molecular formula is C19H15FI3N3O3. The number of nitrogens with one attached hydrogen (secondary N) is 2. The van der Waals surface area contributed by atoms with Crippen LogP contribution in [0.5, 0.6) is 0 Å². The Morgan fingerprint density at radius 1 is 1.14 bits per heavy atom. The second-order valence-electron chi connectivity index (χ2n) is 6.38. The van der Waals surface area contributed by atoms with Gasteiger partial charge >= 0.3 is 6.03 Å². The zero-order chi connectivity index (χ0) is 21.3. The summed E-state index contributed by atoms with van der Waals surface area (Å²) < 4.78 is 16.0. The van der Waals surface area contributed by atoms with Crippen LogP contribution in [0.15, 0.2) is 36.4 Å². The van der Waals surface area contributed by atoms with Gasteiger partial charge in [-0.05, 0) is 104 Å². The van der Waals surface area contributed by atoms with E-state index in [-0.39, 0.29) is 6.42 Å². The Balaban J connectivity index is 1.81. The first-order valence-corrected chi connectivity index (χ1v) is 11.8. The van der Waals surface area contributed by atoms with Crippen LogP contribution in [0.1, 0.15) is 18.9 Å². The van der Waals surface area contributed by atoms with E-state index in [2.05, 4.69) is 78.4 Å². The van der Waals surface area contributed by atoms with Gasteiger partial charge in [-0.2, -0.15) is 0 Å². The maximum Gasteiger partial charge on any atom is 0.325 e. The molecule has 1 aliphatic rings. The highest BCUT2D eigenvalue weighted by molar-refractivity contribution is 14.1. The third-order valence-corrected chi connectivity index (χ3v) is 6.94. The van der Waals surface area contributed by atoms with Crippen LogP contribution in [0.2, 0.25) is 0 Å². The average molecular weight is 733 g/mol. The van der Waals surface area contributed by atoms with Crippen LogP contribution in [0, 0.1) is 16.5 Å². The molecule has 152 valence electrons. The highest BCUT2D eigenvalue weighted by Gasteiger charge is 2.51. The molecule has 0 radical (unpaired) electrons. The summed E-state index contributed by atoms with van der Waals surface area (Å²) >= 11 is 6.44. The highest BCUT2D eigenvalue weighted by Crippen LogP contribution is 2.33. The van der Waals surface area contributed by atoms with Gasteiger partial charge in [0.25, 0.3) is 5.91 Å². The summed E-state index contributed by atoms with van der Waals surface area (Å²) in [6.45, 7) is 1.34. The molecule has 2 aromatic carbocycles. The van der Waals surface area contributed by atoms with E-state index in [0.717, 1.165) is 15.6 Å². The Kier molecular flexibility index (Phi) is 7.03. The second-order valence-corrected chi connectivity index (χ2v) is 9.95. The third-order valence-electron chi connectivity index (χ3n) is 4.62. The Hall–Kier alpha value is -1.03. The lowest BCUT2D eigenvalue weighted by Gasteiger charge is -2.25. The van der Waals surface area contributed by atoms with Crippen molar-refractivity contribution in [2.24, 2.45) is 0 Å². The van der Waals surface area contributed by atoms with Gasteiger partial charge in [0.2, 0.25) is 5.91 Å². The van der Waals surface area contributed by atoms with Crippen molar-refractivity contribution >= 4 is 91.3 Å². The molecule has 0 bridgehead atoms. The van der Waals surface area contributed by atoms with Gasteiger partial charge in [-0.1, -0.05) is 19.1 Å². The lowest BCUT2D eigenvalue weighted by molar-refractivity contribution is -0.134. The fourth-order valence-corrected chi connectivity index (χ4v) is 6.98. The van der Waals surface area contributed by atoms with Gasteiger partial charge < -0.3 is 10.6 Å². The number of hydrogen-bond donors (Lipinski definition) is 2. The largest absolute Gasteiger partial charge is 0.325 e. The molecule has 6 nitrogen and oxygen atoms in total. The molecule has 4 amide bonds. The number of benzene rings is 2.